The Balaban J connectivity index is 1.45. The van der Waals surface area contributed by atoms with E-state index in [-0.39, 0.29) is 31.5 Å². The molecular formula is C24H18Cl2N4O3. The van der Waals surface area contributed by atoms with Crippen molar-refractivity contribution in [2.45, 2.75) is 13.2 Å². The second-order valence-corrected chi connectivity index (χ2v) is 8.36. The van der Waals surface area contributed by atoms with E-state index in [9.17, 15) is 9.59 Å². The number of carbonyl (C=O) groups is 2. The average Bonchev–Trinajstić information content (AvgIpc) is 3.15. The second-order valence-electron chi connectivity index (χ2n) is 7.51. The summed E-state index contributed by atoms with van der Waals surface area (Å²) in [5, 5.41) is 3.69. The van der Waals surface area contributed by atoms with Crippen LogP contribution in [0.2, 0.25) is 10.0 Å². The molecule has 166 valence electrons. The van der Waals surface area contributed by atoms with E-state index in [4.69, 9.17) is 27.9 Å². The Morgan fingerprint density at radius 3 is 2.70 bits per heavy atom. The first-order valence-corrected chi connectivity index (χ1v) is 11.0. The Bertz CT molecular complexity index is 1390. The van der Waals surface area contributed by atoms with Crippen molar-refractivity contribution in [3.8, 4) is 5.75 Å². The van der Waals surface area contributed by atoms with E-state index < -0.39 is 0 Å². The highest BCUT2D eigenvalue weighted by atomic mass is 35.5. The standard InChI is InChI=1S/C24H18Cl2N4O3/c25-15-9-10-21(16(26)11-15)33-14-22-27-17-5-1-3-7-19(17)29(22)13-24(32)30-12-23(31)28-18-6-2-4-8-20(18)30/h1-11H,12-14H2,(H,28,31). The van der Waals surface area contributed by atoms with Gasteiger partial charge in [0.1, 0.15) is 31.3 Å². The van der Waals surface area contributed by atoms with Gasteiger partial charge in [-0.05, 0) is 42.5 Å². The zero-order chi connectivity index (χ0) is 22.9. The zero-order valence-electron chi connectivity index (χ0n) is 17.3. The molecule has 0 unspecified atom stereocenters. The number of aromatic nitrogens is 2. The number of benzene rings is 3. The highest BCUT2D eigenvalue weighted by Gasteiger charge is 2.27. The number of para-hydroxylation sites is 4. The number of carbonyl (C=O) groups excluding carboxylic acids is 2. The summed E-state index contributed by atoms with van der Waals surface area (Å²) >= 11 is 12.2. The van der Waals surface area contributed by atoms with Gasteiger partial charge in [0.2, 0.25) is 11.8 Å². The van der Waals surface area contributed by atoms with Gasteiger partial charge >= 0.3 is 0 Å². The first kappa shape index (κ1) is 21.3. The van der Waals surface area contributed by atoms with E-state index in [1.165, 1.54) is 4.90 Å². The fourth-order valence-corrected chi connectivity index (χ4v) is 4.29. The van der Waals surface area contributed by atoms with Crippen molar-refractivity contribution in [3.63, 3.8) is 0 Å². The van der Waals surface area contributed by atoms with E-state index >= 15 is 0 Å². The van der Waals surface area contributed by atoms with Gasteiger partial charge in [0.25, 0.3) is 0 Å². The van der Waals surface area contributed by atoms with Crippen LogP contribution in [0, 0.1) is 0 Å². The Hall–Kier alpha value is -3.55. The van der Waals surface area contributed by atoms with E-state index in [0.717, 1.165) is 11.0 Å². The van der Waals surface area contributed by atoms with Crippen molar-refractivity contribution in [1.82, 2.24) is 9.55 Å². The van der Waals surface area contributed by atoms with Crippen molar-refractivity contribution < 1.29 is 14.3 Å². The lowest BCUT2D eigenvalue weighted by atomic mass is 10.2. The number of nitrogens with zero attached hydrogens (tertiary/aromatic N) is 3. The summed E-state index contributed by atoms with van der Waals surface area (Å²) in [5.74, 6) is 0.558. The van der Waals surface area contributed by atoms with Crippen LogP contribution in [-0.2, 0) is 22.7 Å². The molecule has 33 heavy (non-hydrogen) atoms. The van der Waals surface area contributed by atoms with Crippen LogP contribution in [0.1, 0.15) is 5.82 Å². The van der Waals surface area contributed by atoms with Crippen LogP contribution in [0.3, 0.4) is 0 Å². The molecule has 0 radical (unpaired) electrons. The van der Waals surface area contributed by atoms with Crippen molar-refractivity contribution in [2.75, 3.05) is 16.8 Å². The van der Waals surface area contributed by atoms with Crippen LogP contribution in [-0.4, -0.2) is 27.9 Å². The number of halogens is 2. The highest BCUT2D eigenvalue weighted by molar-refractivity contribution is 6.35. The van der Waals surface area contributed by atoms with Crippen molar-refractivity contribution >= 4 is 57.4 Å². The molecule has 2 heterocycles. The monoisotopic (exact) mass is 480 g/mol. The fourth-order valence-electron chi connectivity index (χ4n) is 3.82. The molecular weight excluding hydrogens is 463 g/mol. The SMILES string of the molecule is O=C1CN(C(=O)Cn2c(COc3ccc(Cl)cc3Cl)nc3ccccc32)c2ccccc2N1. The molecule has 0 saturated carbocycles. The molecule has 1 aromatic heterocycles. The molecule has 7 nitrogen and oxygen atoms in total. The van der Waals surface area contributed by atoms with Crippen LogP contribution < -0.4 is 15.0 Å². The summed E-state index contributed by atoms with van der Waals surface area (Å²) in [7, 11) is 0. The normalized spacial score (nSPS) is 13.0. The quantitative estimate of drug-likeness (QED) is 0.440. The number of nitrogens with one attached hydrogen (secondary N) is 1. The number of amides is 2. The molecule has 0 saturated heterocycles. The third-order valence-electron chi connectivity index (χ3n) is 5.35. The van der Waals surface area contributed by atoms with Gasteiger partial charge < -0.3 is 14.6 Å². The van der Waals surface area contributed by atoms with Crippen LogP contribution in [0.25, 0.3) is 11.0 Å². The second kappa shape index (κ2) is 8.77. The van der Waals surface area contributed by atoms with Gasteiger partial charge in [0, 0.05) is 5.02 Å². The molecule has 1 aliphatic rings. The summed E-state index contributed by atoms with van der Waals surface area (Å²) in [5.41, 5.74) is 2.81. The summed E-state index contributed by atoms with van der Waals surface area (Å²) in [4.78, 5) is 31.7. The molecule has 0 spiro atoms. The van der Waals surface area contributed by atoms with Crippen LogP contribution in [0.5, 0.6) is 5.75 Å². The van der Waals surface area contributed by atoms with Crippen LogP contribution in [0.4, 0.5) is 11.4 Å². The molecule has 0 atom stereocenters. The number of hydrogen-bond donors (Lipinski definition) is 1. The maximum Gasteiger partial charge on any atom is 0.247 e. The molecule has 1 N–H and O–H groups in total. The molecule has 9 heteroatoms. The molecule has 0 bridgehead atoms. The lowest BCUT2D eigenvalue weighted by Crippen LogP contribution is -2.43. The van der Waals surface area contributed by atoms with Crippen molar-refractivity contribution in [3.05, 3.63) is 82.6 Å². The lowest BCUT2D eigenvalue weighted by molar-refractivity contribution is -0.122. The molecule has 0 aliphatic carbocycles. The minimum atomic E-state index is -0.238. The van der Waals surface area contributed by atoms with Gasteiger partial charge in [0.05, 0.1) is 27.4 Å². The fraction of sp³-hybridized carbons (Fsp3) is 0.125. The van der Waals surface area contributed by atoms with E-state index in [1.54, 1.807) is 28.8 Å². The molecule has 3 aromatic carbocycles. The number of rotatable bonds is 5. The predicted octanol–water partition coefficient (Wildman–Crippen LogP) is 4.91. The summed E-state index contributed by atoms with van der Waals surface area (Å²) in [6.07, 6.45) is 0. The molecule has 2 amide bonds. The number of fused-ring (bicyclic) bond motifs is 2. The van der Waals surface area contributed by atoms with E-state index in [2.05, 4.69) is 10.3 Å². The molecule has 4 aromatic rings. The van der Waals surface area contributed by atoms with Gasteiger partial charge in [-0.3, -0.25) is 14.5 Å². The van der Waals surface area contributed by atoms with E-state index in [1.807, 2.05) is 42.5 Å². The Labute approximate surface area is 199 Å². The first-order valence-electron chi connectivity index (χ1n) is 10.2. The van der Waals surface area contributed by atoms with Crippen molar-refractivity contribution in [1.29, 1.82) is 0 Å². The third kappa shape index (κ3) is 4.25. The van der Waals surface area contributed by atoms with Gasteiger partial charge in [-0.1, -0.05) is 47.5 Å². The number of anilines is 2. The molecule has 5 rings (SSSR count). The molecule has 1 aliphatic heterocycles. The maximum atomic E-state index is 13.4. The predicted molar refractivity (Wildman–Crippen MR) is 128 cm³/mol. The van der Waals surface area contributed by atoms with Gasteiger partial charge in [-0.2, -0.15) is 0 Å². The summed E-state index contributed by atoms with van der Waals surface area (Å²) in [6, 6.07) is 19.7. The Morgan fingerprint density at radius 1 is 1.06 bits per heavy atom. The minimum absolute atomic E-state index is 0.00479. The zero-order valence-corrected chi connectivity index (χ0v) is 18.8. The van der Waals surface area contributed by atoms with Crippen molar-refractivity contribution in [2.24, 2.45) is 0 Å². The summed E-state index contributed by atoms with van der Waals surface area (Å²) < 4.78 is 7.69. The van der Waals surface area contributed by atoms with Gasteiger partial charge in [-0.25, -0.2) is 4.98 Å². The Kier molecular flexibility index (Phi) is 5.66. The minimum Gasteiger partial charge on any atom is -0.484 e. The largest absolute Gasteiger partial charge is 0.484 e. The van der Waals surface area contributed by atoms with Crippen LogP contribution in [0.15, 0.2) is 66.7 Å². The summed E-state index contributed by atoms with van der Waals surface area (Å²) in [6.45, 7) is 0.0459. The lowest BCUT2D eigenvalue weighted by Gasteiger charge is -2.29. The smallest absolute Gasteiger partial charge is 0.247 e. The maximum absolute atomic E-state index is 13.4. The van der Waals surface area contributed by atoms with Gasteiger partial charge in [-0.15, -0.1) is 0 Å². The highest BCUT2D eigenvalue weighted by Crippen LogP contribution is 2.30. The topological polar surface area (TPSA) is 76.5 Å². The Morgan fingerprint density at radius 2 is 1.85 bits per heavy atom. The molecule has 0 fully saturated rings. The van der Waals surface area contributed by atoms with E-state index in [0.29, 0.717) is 33.0 Å². The first-order chi connectivity index (χ1) is 16.0. The average molecular weight is 481 g/mol. The number of ether oxygens (including phenoxy) is 1. The van der Waals surface area contributed by atoms with Crippen LogP contribution >= 0.6 is 23.2 Å². The third-order valence-corrected chi connectivity index (χ3v) is 5.88. The number of hydrogen-bond acceptors (Lipinski definition) is 4. The number of imidazole rings is 1. The van der Waals surface area contributed by atoms with Gasteiger partial charge in [0.15, 0.2) is 0 Å².